The molecule has 1 aromatic rings. The zero-order valence-corrected chi connectivity index (χ0v) is 9.52. The maximum atomic E-state index is 10.8. The van der Waals surface area contributed by atoms with E-state index >= 15 is 0 Å². The number of hydrogen-bond acceptors (Lipinski definition) is 2. The fraction of sp³-hybridized carbons (Fsp3) is 0.462. The first kappa shape index (κ1) is 11.1. The number of hydrogen-bond donors (Lipinski definition) is 1. The molecule has 2 rings (SSSR count). The van der Waals surface area contributed by atoms with Crippen LogP contribution in [0.5, 0.6) is 0 Å². The van der Waals surface area contributed by atoms with Crippen LogP contribution in [0.4, 0.5) is 0 Å². The first-order chi connectivity index (χ1) is 7.66. The van der Waals surface area contributed by atoms with Gasteiger partial charge in [-0.05, 0) is 37.1 Å². The molecule has 3 nitrogen and oxygen atoms in total. The van der Waals surface area contributed by atoms with Crippen LogP contribution in [0.2, 0.25) is 0 Å². The third-order valence-corrected chi connectivity index (χ3v) is 3.23. The number of rotatable bonds is 3. The van der Waals surface area contributed by atoms with Crippen LogP contribution in [0, 0.1) is 0 Å². The Hall–Kier alpha value is -1.35. The van der Waals surface area contributed by atoms with Crippen molar-refractivity contribution in [3.8, 4) is 0 Å². The standard InChI is InChI=1S/C13H17NO2/c1-14-7-6-11(9-14)12-5-3-2-4-10(12)8-13(15)16/h2-5,11H,6-9H2,1H3,(H,15,16). The van der Waals surface area contributed by atoms with Gasteiger partial charge in [0.15, 0.2) is 0 Å². The lowest BCUT2D eigenvalue weighted by Crippen LogP contribution is -2.14. The summed E-state index contributed by atoms with van der Waals surface area (Å²) >= 11 is 0. The molecule has 16 heavy (non-hydrogen) atoms. The Balaban J connectivity index is 2.22. The van der Waals surface area contributed by atoms with Crippen LogP contribution in [0.1, 0.15) is 23.5 Å². The number of benzene rings is 1. The Bertz CT molecular complexity index is 389. The van der Waals surface area contributed by atoms with Gasteiger partial charge in [-0.3, -0.25) is 4.79 Å². The third-order valence-electron chi connectivity index (χ3n) is 3.23. The largest absolute Gasteiger partial charge is 0.481 e. The highest BCUT2D eigenvalue weighted by Gasteiger charge is 2.23. The highest BCUT2D eigenvalue weighted by Crippen LogP contribution is 2.28. The van der Waals surface area contributed by atoms with Crippen molar-refractivity contribution < 1.29 is 9.90 Å². The maximum absolute atomic E-state index is 10.8. The van der Waals surface area contributed by atoms with Gasteiger partial charge in [0.05, 0.1) is 6.42 Å². The van der Waals surface area contributed by atoms with Crippen LogP contribution >= 0.6 is 0 Å². The summed E-state index contributed by atoms with van der Waals surface area (Å²) in [5, 5.41) is 8.88. The number of likely N-dealkylation sites (tertiary alicyclic amines) is 1. The molecule has 1 atom stereocenters. The van der Waals surface area contributed by atoms with Gasteiger partial charge in [0, 0.05) is 6.54 Å². The van der Waals surface area contributed by atoms with Gasteiger partial charge < -0.3 is 10.0 Å². The van der Waals surface area contributed by atoms with Crippen LogP contribution in [0.25, 0.3) is 0 Å². The van der Waals surface area contributed by atoms with Crippen LogP contribution in [-0.4, -0.2) is 36.1 Å². The second-order valence-electron chi connectivity index (χ2n) is 4.52. The van der Waals surface area contributed by atoms with E-state index in [1.54, 1.807) is 0 Å². The molecule has 0 saturated carbocycles. The van der Waals surface area contributed by atoms with Crippen LogP contribution in [-0.2, 0) is 11.2 Å². The first-order valence-electron chi connectivity index (χ1n) is 5.65. The summed E-state index contributed by atoms with van der Waals surface area (Å²) in [6.45, 7) is 2.14. The monoisotopic (exact) mass is 219 g/mol. The molecule has 3 heteroatoms. The van der Waals surface area contributed by atoms with Crippen molar-refractivity contribution in [2.24, 2.45) is 0 Å². The van der Waals surface area contributed by atoms with E-state index in [0.29, 0.717) is 5.92 Å². The second-order valence-corrected chi connectivity index (χ2v) is 4.52. The number of carbonyl (C=O) groups is 1. The van der Waals surface area contributed by atoms with E-state index in [4.69, 9.17) is 5.11 Å². The Morgan fingerprint density at radius 3 is 2.88 bits per heavy atom. The zero-order chi connectivity index (χ0) is 11.5. The molecule has 0 aromatic heterocycles. The molecule has 1 N–H and O–H groups in total. The first-order valence-corrected chi connectivity index (χ1v) is 5.65. The summed E-state index contributed by atoms with van der Waals surface area (Å²) in [6, 6.07) is 7.92. The molecule has 1 heterocycles. The fourth-order valence-electron chi connectivity index (χ4n) is 2.45. The molecular formula is C13H17NO2. The van der Waals surface area contributed by atoms with Gasteiger partial charge in [0.25, 0.3) is 0 Å². The molecule has 86 valence electrons. The Morgan fingerprint density at radius 2 is 2.25 bits per heavy atom. The van der Waals surface area contributed by atoms with Crippen molar-refractivity contribution in [3.05, 3.63) is 35.4 Å². The summed E-state index contributed by atoms with van der Waals surface area (Å²) in [5.74, 6) is -0.251. The number of carboxylic acid groups (broad SMARTS) is 1. The number of likely N-dealkylation sites (N-methyl/N-ethyl adjacent to an activating group) is 1. The smallest absolute Gasteiger partial charge is 0.307 e. The topological polar surface area (TPSA) is 40.5 Å². The predicted molar refractivity (Wildman–Crippen MR) is 62.6 cm³/mol. The lowest BCUT2D eigenvalue weighted by atomic mass is 9.92. The van der Waals surface area contributed by atoms with Gasteiger partial charge in [0.1, 0.15) is 0 Å². The van der Waals surface area contributed by atoms with Gasteiger partial charge in [-0.25, -0.2) is 0 Å². The second kappa shape index (κ2) is 4.66. The zero-order valence-electron chi connectivity index (χ0n) is 9.52. The lowest BCUT2D eigenvalue weighted by Gasteiger charge is -2.14. The van der Waals surface area contributed by atoms with Gasteiger partial charge >= 0.3 is 5.97 Å². The molecule has 0 amide bonds. The molecular weight excluding hydrogens is 202 g/mol. The van der Waals surface area contributed by atoms with E-state index in [0.717, 1.165) is 25.1 Å². The molecule has 1 aliphatic rings. The van der Waals surface area contributed by atoms with Crippen molar-refractivity contribution in [2.75, 3.05) is 20.1 Å². The number of nitrogens with zero attached hydrogens (tertiary/aromatic N) is 1. The van der Waals surface area contributed by atoms with Crippen LogP contribution in [0.3, 0.4) is 0 Å². The molecule has 1 unspecified atom stereocenters. The fourth-order valence-corrected chi connectivity index (χ4v) is 2.45. The summed E-state index contributed by atoms with van der Waals surface area (Å²) in [6.07, 6.45) is 1.27. The molecule has 1 aromatic carbocycles. The normalized spacial score (nSPS) is 21.2. The van der Waals surface area contributed by atoms with E-state index in [2.05, 4.69) is 18.0 Å². The van der Waals surface area contributed by atoms with Crippen molar-refractivity contribution in [2.45, 2.75) is 18.8 Å². The maximum Gasteiger partial charge on any atom is 0.307 e. The minimum absolute atomic E-state index is 0.135. The van der Waals surface area contributed by atoms with Gasteiger partial charge in [-0.15, -0.1) is 0 Å². The highest BCUT2D eigenvalue weighted by molar-refractivity contribution is 5.70. The molecule has 1 saturated heterocycles. The average molecular weight is 219 g/mol. The molecule has 0 bridgehead atoms. The number of aliphatic carboxylic acids is 1. The highest BCUT2D eigenvalue weighted by atomic mass is 16.4. The van der Waals surface area contributed by atoms with Crippen molar-refractivity contribution in [1.82, 2.24) is 4.90 Å². The van der Waals surface area contributed by atoms with Crippen molar-refractivity contribution in [1.29, 1.82) is 0 Å². The van der Waals surface area contributed by atoms with E-state index < -0.39 is 5.97 Å². The molecule has 0 radical (unpaired) electrons. The molecule has 1 fully saturated rings. The van der Waals surface area contributed by atoms with Crippen molar-refractivity contribution in [3.63, 3.8) is 0 Å². The minimum Gasteiger partial charge on any atom is -0.481 e. The Morgan fingerprint density at radius 1 is 1.50 bits per heavy atom. The summed E-state index contributed by atoms with van der Waals surface area (Å²) in [7, 11) is 2.11. The molecule has 0 spiro atoms. The van der Waals surface area contributed by atoms with Gasteiger partial charge in [-0.1, -0.05) is 24.3 Å². The van der Waals surface area contributed by atoms with E-state index in [-0.39, 0.29) is 6.42 Å². The summed E-state index contributed by atoms with van der Waals surface area (Å²) in [5.41, 5.74) is 2.18. The van der Waals surface area contributed by atoms with E-state index in [9.17, 15) is 4.79 Å². The average Bonchev–Trinajstić information content (AvgIpc) is 2.65. The molecule has 0 aliphatic carbocycles. The van der Waals surface area contributed by atoms with E-state index in [1.165, 1.54) is 5.56 Å². The Kier molecular flexibility index (Phi) is 3.25. The quantitative estimate of drug-likeness (QED) is 0.841. The third kappa shape index (κ3) is 2.42. The Labute approximate surface area is 95.7 Å². The molecule has 1 aliphatic heterocycles. The van der Waals surface area contributed by atoms with Crippen LogP contribution < -0.4 is 0 Å². The minimum atomic E-state index is -0.751. The SMILES string of the molecule is CN1CCC(c2ccccc2CC(=O)O)C1. The van der Waals surface area contributed by atoms with Crippen molar-refractivity contribution >= 4 is 5.97 Å². The van der Waals surface area contributed by atoms with Gasteiger partial charge in [0.2, 0.25) is 0 Å². The number of carboxylic acids is 1. The van der Waals surface area contributed by atoms with Gasteiger partial charge in [-0.2, -0.15) is 0 Å². The van der Waals surface area contributed by atoms with E-state index in [1.807, 2.05) is 18.2 Å². The summed E-state index contributed by atoms with van der Waals surface area (Å²) < 4.78 is 0. The van der Waals surface area contributed by atoms with Crippen LogP contribution in [0.15, 0.2) is 24.3 Å². The predicted octanol–water partition coefficient (Wildman–Crippen LogP) is 1.73. The lowest BCUT2D eigenvalue weighted by molar-refractivity contribution is -0.136. The summed E-state index contributed by atoms with van der Waals surface area (Å²) in [4.78, 5) is 13.1.